The number of hydrogen-bond acceptors (Lipinski definition) is 5. The molecule has 174 valence electrons. The molecule has 33 heavy (non-hydrogen) atoms. The number of aromatic nitrogens is 1. The number of nitrogens with zero attached hydrogens (tertiary/aromatic N) is 3. The Morgan fingerprint density at radius 2 is 1.64 bits per heavy atom. The summed E-state index contributed by atoms with van der Waals surface area (Å²) in [5, 5.41) is 14.9. The van der Waals surface area contributed by atoms with Gasteiger partial charge in [0, 0.05) is 42.9 Å². The largest absolute Gasteiger partial charge is 0.390 e. The van der Waals surface area contributed by atoms with Crippen LogP contribution in [0.4, 0.5) is 11.5 Å². The second-order valence-corrected chi connectivity index (χ2v) is 11.0. The number of carbonyl (C=O) groups is 1. The van der Waals surface area contributed by atoms with Gasteiger partial charge in [0.15, 0.2) is 0 Å². The van der Waals surface area contributed by atoms with Crippen LogP contribution < -0.4 is 15.1 Å². The molecule has 4 bridgehead atoms. The fraction of sp³-hybridized carbons (Fsp3) is 0.538. The minimum Gasteiger partial charge on any atom is -0.390 e. The average Bonchev–Trinajstić information content (AvgIpc) is 2.81. The van der Waals surface area contributed by atoms with Crippen molar-refractivity contribution in [3.63, 3.8) is 0 Å². The lowest BCUT2D eigenvalue weighted by Gasteiger charge is -2.58. The van der Waals surface area contributed by atoms with Gasteiger partial charge in [-0.05, 0) is 86.3 Å². The van der Waals surface area contributed by atoms with Crippen LogP contribution in [0.1, 0.15) is 42.6 Å². The minimum absolute atomic E-state index is 0.0823. The van der Waals surface area contributed by atoms with Gasteiger partial charge in [0.1, 0.15) is 11.5 Å². The van der Waals surface area contributed by atoms with Crippen molar-refractivity contribution in [1.29, 1.82) is 0 Å². The maximum absolute atomic E-state index is 13.1. The summed E-state index contributed by atoms with van der Waals surface area (Å²) in [6.45, 7) is 3.51. The van der Waals surface area contributed by atoms with Crippen LogP contribution in [0, 0.1) is 17.8 Å². The van der Waals surface area contributed by atoms with E-state index < -0.39 is 5.60 Å². The second kappa shape index (κ2) is 8.17. The van der Waals surface area contributed by atoms with E-state index in [9.17, 15) is 9.90 Å². The molecule has 2 aromatic rings. The van der Waals surface area contributed by atoms with Crippen LogP contribution in [0.2, 0.25) is 5.02 Å². The van der Waals surface area contributed by atoms with E-state index in [4.69, 9.17) is 16.6 Å². The highest BCUT2D eigenvalue weighted by Gasteiger charge is 2.55. The Kier molecular flexibility index (Phi) is 5.26. The van der Waals surface area contributed by atoms with E-state index in [1.165, 1.54) is 5.69 Å². The van der Waals surface area contributed by atoms with Gasteiger partial charge in [-0.25, -0.2) is 4.98 Å². The number of pyridine rings is 1. The molecule has 2 unspecified atom stereocenters. The Labute approximate surface area is 199 Å². The number of piperazine rings is 1. The van der Waals surface area contributed by atoms with E-state index in [1.54, 1.807) is 0 Å². The maximum Gasteiger partial charge on any atom is 0.270 e. The molecule has 2 atom stereocenters. The number of aliphatic hydroxyl groups is 1. The second-order valence-electron chi connectivity index (χ2n) is 10.5. The Bertz CT molecular complexity index is 1020. The van der Waals surface area contributed by atoms with Gasteiger partial charge in [-0.15, -0.1) is 0 Å². The minimum atomic E-state index is -0.482. The quantitative estimate of drug-likeness (QED) is 0.718. The standard InChI is InChI=1S/C26H31ClN4O2/c27-20-4-6-21(7-5-20)30-8-10-31(11-9-30)23-3-1-2-22(28-23)25(32)29-24-18-12-17-13-19(24)16-26(33,14-17)15-18/h1-7,17-19,24,33H,8-16H2,(H,29,32). The highest BCUT2D eigenvalue weighted by atomic mass is 35.5. The molecule has 1 aromatic carbocycles. The van der Waals surface area contributed by atoms with Crippen molar-refractivity contribution in [1.82, 2.24) is 10.3 Å². The number of carbonyl (C=O) groups excluding carboxylic acids is 1. The van der Waals surface area contributed by atoms with Gasteiger partial charge < -0.3 is 20.2 Å². The van der Waals surface area contributed by atoms with Crippen LogP contribution in [0.25, 0.3) is 0 Å². The summed E-state index contributed by atoms with van der Waals surface area (Å²) in [6, 6.07) is 13.9. The Morgan fingerprint density at radius 3 is 2.30 bits per heavy atom. The molecule has 7 rings (SSSR count). The number of amides is 1. The predicted molar refractivity (Wildman–Crippen MR) is 130 cm³/mol. The fourth-order valence-corrected chi connectivity index (χ4v) is 7.14. The normalized spacial score (nSPS) is 32.8. The van der Waals surface area contributed by atoms with Crippen LogP contribution >= 0.6 is 11.6 Å². The van der Waals surface area contributed by atoms with E-state index in [1.807, 2.05) is 30.3 Å². The molecule has 2 N–H and O–H groups in total. The van der Waals surface area contributed by atoms with E-state index in [-0.39, 0.29) is 11.9 Å². The summed E-state index contributed by atoms with van der Waals surface area (Å²) < 4.78 is 0. The molecule has 5 fully saturated rings. The molecule has 1 aliphatic heterocycles. The molecule has 4 aliphatic carbocycles. The number of hydrogen-bond donors (Lipinski definition) is 2. The summed E-state index contributed by atoms with van der Waals surface area (Å²) in [5.41, 5.74) is 1.19. The summed E-state index contributed by atoms with van der Waals surface area (Å²) in [5.74, 6) is 2.20. The van der Waals surface area contributed by atoms with Crippen molar-refractivity contribution in [2.45, 2.75) is 43.7 Å². The number of halogens is 1. The number of nitrogens with one attached hydrogen (secondary N) is 1. The van der Waals surface area contributed by atoms with Crippen molar-refractivity contribution < 1.29 is 9.90 Å². The lowest BCUT2D eigenvalue weighted by Crippen LogP contribution is -2.61. The third kappa shape index (κ3) is 4.08. The lowest BCUT2D eigenvalue weighted by molar-refractivity contribution is -0.136. The summed E-state index contributed by atoms with van der Waals surface area (Å²) >= 11 is 6.02. The molecule has 2 heterocycles. The lowest BCUT2D eigenvalue weighted by atomic mass is 9.52. The highest BCUT2D eigenvalue weighted by Crippen LogP contribution is 2.55. The molecule has 1 aromatic heterocycles. The first-order valence-corrected chi connectivity index (χ1v) is 12.6. The highest BCUT2D eigenvalue weighted by molar-refractivity contribution is 6.30. The summed E-state index contributed by atoms with van der Waals surface area (Å²) in [7, 11) is 0. The average molecular weight is 467 g/mol. The third-order valence-corrected chi connectivity index (χ3v) is 8.55. The van der Waals surface area contributed by atoms with Gasteiger partial charge in [0.2, 0.25) is 0 Å². The van der Waals surface area contributed by atoms with Crippen molar-refractivity contribution >= 4 is 29.0 Å². The number of benzene rings is 1. The SMILES string of the molecule is O=C(NC1C2CC3CC1CC(O)(C3)C2)c1cccc(N2CCN(c3ccc(Cl)cc3)CC2)n1. The van der Waals surface area contributed by atoms with E-state index in [2.05, 4.69) is 27.2 Å². The first kappa shape index (κ1) is 21.2. The Balaban J connectivity index is 1.10. The van der Waals surface area contributed by atoms with Gasteiger partial charge in [-0.2, -0.15) is 0 Å². The van der Waals surface area contributed by atoms with Gasteiger partial charge in [-0.3, -0.25) is 4.79 Å². The number of anilines is 2. The predicted octanol–water partition coefficient (Wildman–Crippen LogP) is 3.73. The Hall–Kier alpha value is -2.31. The molecule has 7 heteroatoms. The van der Waals surface area contributed by atoms with Crippen LogP contribution in [0.15, 0.2) is 42.5 Å². The maximum atomic E-state index is 13.1. The van der Waals surface area contributed by atoms with Crippen LogP contribution in [0.3, 0.4) is 0 Å². The van der Waals surface area contributed by atoms with Crippen molar-refractivity contribution in [2.75, 3.05) is 36.0 Å². The van der Waals surface area contributed by atoms with Crippen LogP contribution in [0.5, 0.6) is 0 Å². The van der Waals surface area contributed by atoms with E-state index in [0.717, 1.165) is 69.1 Å². The smallest absolute Gasteiger partial charge is 0.270 e. The van der Waals surface area contributed by atoms with Crippen LogP contribution in [-0.2, 0) is 0 Å². The molecule has 1 amide bonds. The molecule has 5 aliphatic rings. The van der Waals surface area contributed by atoms with Crippen molar-refractivity contribution in [2.24, 2.45) is 17.8 Å². The molecule has 4 saturated carbocycles. The topological polar surface area (TPSA) is 68.7 Å². The Morgan fingerprint density at radius 1 is 0.970 bits per heavy atom. The van der Waals surface area contributed by atoms with Gasteiger partial charge >= 0.3 is 0 Å². The zero-order chi connectivity index (χ0) is 22.6. The fourth-order valence-electron chi connectivity index (χ4n) is 7.01. The van der Waals surface area contributed by atoms with Crippen molar-refractivity contribution in [3.8, 4) is 0 Å². The molecule has 6 nitrogen and oxygen atoms in total. The molecule has 1 saturated heterocycles. The van der Waals surface area contributed by atoms with Gasteiger partial charge in [-0.1, -0.05) is 17.7 Å². The summed E-state index contributed by atoms with van der Waals surface area (Å²) in [6.07, 6.45) is 4.88. The van der Waals surface area contributed by atoms with Crippen molar-refractivity contribution in [3.05, 3.63) is 53.2 Å². The zero-order valence-corrected chi connectivity index (χ0v) is 19.5. The summed E-state index contributed by atoms with van der Waals surface area (Å²) in [4.78, 5) is 22.5. The van der Waals surface area contributed by atoms with E-state index >= 15 is 0 Å². The van der Waals surface area contributed by atoms with Gasteiger partial charge in [0.05, 0.1) is 5.60 Å². The molecule has 0 radical (unpaired) electrons. The third-order valence-electron chi connectivity index (χ3n) is 8.30. The first-order valence-electron chi connectivity index (χ1n) is 12.2. The first-order chi connectivity index (χ1) is 16.0. The monoisotopic (exact) mass is 466 g/mol. The molecular formula is C26H31ClN4O2. The van der Waals surface area contributed by atoms with Gasteiger partial charge in [0.25, 0.3) is 5.91 Å². The molecule has 0 spiro atoms. The molecular weight excluding hydrogens is 436 g/mol. The van der Waals surface area contributed by atoms with Crippen LogP contribution in [-0.4, -0.2) is 53.8 Å². The number of rotatable bonds is 4. The zero-order valence-electron chi connectivity index (χ0n) is 18.8. The van der Waals surface area contributed by atoms with E-state index in [0.29, 0.717) is 23.4 Å².